The lowest BCUT2D eigenvalue weighted by Gasteiger charge is -2.24. The summed E-state index contributed by atoms with van der Waals surface area (Å²) in [7, 11) is 2.01. The Morgan fingerprint density at radius 1 is 1.17 bits per heavy atom. The predicted molar refractivity (Wildman–Crippen MR) is 92.6 cm³/mol. The zero-order valence-corrected chi connectivity index (χ0v) is 13.7. The number of imide groups is 1. The fraction of sp³-hybridized carbons (Fsp3) is 0.333. The highest BCUT2D eigenvalue weighted by molar-refractivity contribution is 6.01. The van der Waals surface area contributed by atoms with Crippen LogP contribution in [0, 0.1) is 0 Å². The normalized spacial score (nSPS) is 17.6. The Hall–Kier alpha value is -2.60. The number of nitrogens with one attached hydrogen (secondary N) is 2. The van der Waals surface area contributed by atoms with E-state index in [0.717, 1.165) is 19.4 Å². The number of rotatable bonds is 4. The lowest BCUT2D eigenvalue weighted by Crippen LogP contribution is -2.41. The number of anilines is 1. The molecule has 1 aliphatic rings. The van der Waals surface area contributed by atoms with Crippen molar-refractivity contribution in [1.82, 2.24) is 14.8 Å². The van der Waals surface area contributed by atoms with Gasteiger partial charge in [-0.2, -0.15) is 0 Å². The van der Waals surface area contributed by atoms with E-state index in [4.69, 9.17) is 0 Å². The number of hydrogen-bond donors (Lipinski definition) is 2. The van der Waals surface area contributed by atoms with Crippen molar-refractivity contribution >= 4 is 17.6 Å². The van der Waals surface area contributed by atoms with Crippen LogP contribution in [0.4, 0.5) is 10.5 Å². The van der Waals surface area contributed by atoms with E-state index < -0.39 is 6.03 Å². The van der Waals surface area contributed by atoms with Crippen LogP contribution < -0.4 is 10.6 Å². The predicted octanol–water partition coefficient (Wildman–Crippen LogP) is 2.51. The first-order valence-corrected chi connectivity index (χ1v) is 8.14. The molecule has 1 fully saturated rings. The van der Waals surface area contributed by atoms with Crippen LogP contribution in [-0.2, 0) is 11.8 Å². The van der Waals surface area contributed by atoms with Gasteiger partial charge in [-0.05, 0) is 43.7 Å². The topological polar surface area (TPSA) is 66.4 Å². The quantitative estimate of drug-likeness (QED) is 0.907. The lowest BCUT2D eigenvalue weighted by molar-refractivity contribution is -0.121. The number of urea groups is 1. The Morgan fingerprint density at radius 3 is 2.67 bits per heavy atom. The molecule has 6 nitrogen and oxygen atoms in total. The van der Waals surface area contributed by atoms with Crippen molar-refractivity contribution in [2.45, 2.75) is 18.9 Å². The highest BCUT2D eigenvalue weighted by atomic mass is 16.2. The number of aromatic nitrogens is 1. The summed E-state index contributed by atoms with van der Waals surface area (Å²) >= 11 is 0. The first-order chi connectivity index (χ1) is 11.6. The number of benzene rings is 1. The largest absolute Gasteiger partial charge is 0.353 e. The first kappa shape index (κ1) is 16.3. The number of carbonyl (C=O) groups is 2. The van der Waals surface area contributed by atoms with Crippen LogP contribution in [-0.4, -0.2) is 34.5 Å². The van der Waals surface area contributed by atoms with Crippen molar-refractivity contribution in [3.05, 3.63) is 54.4 Å². The smallest absolute Gasteiger partial charge is 0.325 e. The number of nitrogens with zero attached hydrogens (tertiary/aromatic N) is 2. The number of likely N-dealkylation sites (tertiary alicyclic amines) is 1. The fourth-order valence-electron chi connectivity index (χ4n) is 3.21. The van der Waals surface area contributed by atoms with Gasteiger partial charge in [0.2, 0.25) is 5.91 Å². The third kappa shape index (κ3) is 3.83. The molecule has 126 valence electrons. The van der Waals surface area contributed by atoms with E-state index in [-0.39, 0.29) is 18.5 Å². The molecule has 24 heavy (non-hydrogen) atoms. The zero-order chi connectivity index (χ0) is 16.9. The van der Waals surface area contributed by atoms with E-state index in [1.54, 1.807) is 12.1 Å². The van der Waals surface area contributed by atoms with Crippen molar-refractivity contribution in [2.24, 2.45) is 7.05 Å². The molecule has 1 saturated heterocycles. The highest BCUT2D eigenvalue weighted by Crippen LogP contribution is 2.31. The van der Waals surface area contributed by atoms with Crippen LogP contribution in [0.1, 0.15) is 24.6 Å². The number of amides is 3. The van der Waals surface area contributed by atoms with Gasteiger partial charge in [-0.15, -0.1) is 0 Å². The SMILES string of the molecule is Cn1cccc1[C@@H]1CCCN1CC(=O)NC(=O)Nc1ccccc1. The zero-order valence-electron chi connectivity index (χ0n) is 13.7. The van der Waals surface area contributed by atoms with Crippen molar-refractivity contribution in [1.29, 1.82) is 0 Å². The van der Waals surface area contributed by atoms with Crippen molar-refractivity contribution in [3.8, 4) is 0 Å². The summed E-state index contributed by atoms with van der Waals surface area (Å²) in [5.41, 5.74) is 1.86. The number of carbonyl (C=O) groups excluding carboxylic acids is 2. The summed E-state index contributed by atoms with van der Waals surface area (Å²) < 4.78 is 2.09. The second kappa shape index (κ2) is 7.31. The molecule has 2 heterocycles. The minimum absolute atomic E-state index is 0.220. The highest BCUT2D eigenvalue weighted by Gasteiger charge is 2.29. The number of hydrogen-bond acceptors (Lipinski definition) is 3. The van der Waals surface area contributed by atoms with E-state index in [9.17, 15) is 9.59 Å². The van der Waals surface area contributed by atoms with Gasteiger partial charge in [0, 0.05) is 24.6 Å². The minimum Gasteiger partial charge on any atom is -0.353 e. The van der Waals surface area contributed by atoms with Gasteiger partial charge in [-0.25, -0.2) is 4.79 Å². The second-order valence-corrected chi connectivity index (χ2v) is 6.04. The summed E-state index contributed by atoms with van der Waals surface area (Å²) in [6, 6.07) is 12.9. The third-order valence-electron chi connectivity index (χ3n) is 4.32. The molecule has 1 atom stereocenters. The van der Waals surface area contributed by atoms with E-state index >= 15 is 0 Å². The Bertz CT molecular complexity index is 711. The van der Waals surface area contributed by atoms with Gasteiger partial charge in [-0.3, -0.25) is 15.0 Å². The summed E-state index contributed by atoms with van der Waals surface area (Å²) in [6.07, 6.45) is 4.10. The Kier molecular flexibility index (Phi) is 4.96. The maximum Gasteiger partial charge on any atom is 0.325 e. The molecule has 1 aromatic heterocycles. The molecule has 0 bridgehead atoms. The van der Waals surface area contributed by atoms with Crippen LogP contribution in [0.2, 0.25) is 0 Å². The molecule has 3 amide bonds. The van der Waals surface area contributed by atoms with Gasteiger partial charge in [0.15, 0.2) is 0 Å². The van der Waals surface area contributed by atoms with Crippen LogP contribution in [0.15, 0.2) is 48.7 Å². The van der Waals surface area contributed by atoms with Crippen LogP contribution >= 0.6 is 0 Å². The van der Waals surface area contributed by atoms with Gasteiger partial charge in [-0.1, -0.05) is 18.2 Å². The molecule has 0 spiro atoms. The molecule has 0 aliphatic carbocycles. The van der Waals surface area contributed by atoms with Crippen LogP contribution in [0.25, 0.3) is 0 Å². The van der Waals surface area contributed by atoms with Crippen molar-refractivity contribution in [2.75, 3.05) is 18.4 Å². The average molecular weight is 326 g/mol. The maximum absolute atomic E-state index is 12.2. The molecule has 0 saturated carbocycles. The molecule has 1 aliphatic heterocycles. The van der Waals surface area contributed by atoms with E-state index in [0.29, 0.717) is 5.69 Å². The molecule has 3 rings (SSSR count). The molecule has 2 aromatic rings. The molecule has 1 aromatic carbocycles. The summed E-state index contributed by atoms with van der Waals surface area (Å²) in [5.74, 6) is -0.287. The maximum atomic E-state index is 12.2. The summed E-state index contributed by atoms with van der Waals surface area (Å²) in [5, 5.41) is 5.05. The van der Waals surface area contributed by atoms with Gasteiger partial charge in [0.25, 0.3) is 0 Å². The second-order valence-electron chi connectivity index (χ2n) is 6.04. The fourth-order valence-corrected chi connectivity index (χ4v) is 3.21. The van der Waals surface area contributed by atoms with Gasteiger partial charge < -0.3 is 9.88 Å². The van der Waals surface area contributed by atoms with Gasteiger partial charge >= 0.3 is 6.03 Å². The Morgan fingerprint density at radius 2 is 1.96 bits per heavy atom. The molecular formula is C18H22N4O2. The first-order valence-electron chi connectivity index (χ1n) is 8.14. The standard InChI is InChI=1S/C18H22N4O2/c1-21-11-5-9-15(21)16-10-6-12-22(16)13-17(23)20-18(24)19-14-7-3-2-4-8-14/h2-5,7-9,11,16H,6,10,12-13H2,1H3,(H2,19,20,23,24)/t16-/m0/s1. The van der Waals surface area contributed by atoms with Crippen LogP contribution in [0.5, 0.6) is 0 Å². The van der Waals surface area contributed by atoms with Crippen molar-refractivity contribution < 1.29 is 9.59 Å². The average Bonchev–Trinajstić information content (AvgIpc) is 3.16. The molecule has 0 unspecified atom stereocenters. The minimum atomic E-state index is -0.499. The number of para-hydroxylation sites is 1. The third-order valence-corrected chi connectivity index (χ3v) is 4.32. The molecule has 6 heteroatoms. The van der Waals surface area contributed by atoms with E-state index in [1.165, 1.54) is 5.69 Å². The van der Waals surface area contributed by atoms with Crippen LogP contribution in [0.3, 0.4) is 0 Å². The molecular weight excluding hydrogens is 304 g/mol. The van der Waals surface area contributed by atoms with E-state index in [1.807, 2.05) is 37.5 Å². The Labute approximate surface area is 141 Å². The Balaban J connectivity index is 1.54. The van der Waals surface area contributed by atoms with E-state index in [2.05, 4.69) is 26.2 Å². The summed E-state index contributed by atoms with van der Waals surface area (Å²) in [4.78, 5) is 26.2. The van der Waals surface area contributed by atoms with Gasteiger partial charge in [0.05, 0.1) is 12.6 Å². The molecule has 2 N–H and O–H groups in total. The number of aryl methyl sites for hydroxylation is 1. The lowest BCUT2D eigenvalue weighted by atomic mass is 10.1. The molecule has 0 radical (unpaired) electrons. The summed E-state index contributed by atoms with van der Waals surface area (Å²) in [6.45, 7) is 1.08. The van der Waals surface area contributed by atoms with Crippen molar-refractivity contribution in [3.63, 3.8) is 0 Å². The van der Waals surface area contributed by atoms with Gasteiger partial charge in [0.1, 0.15) is 0 Å². The monoisotopic (exact) mass is 326 g/mol.